The lowest BCUT2D eigenvalue weighted by molar-refractivity contribution is 0.0935. The van der Waals surface area contributed by atoms with Crippen LogP contribution in [0.1, 0.15) is 54.0 Å². The molecule has 0 atom stereocenters. The summed E-state index contributed by atoms with van der Waals surface area (Å²) < 4.78 is 35.3. The summed E-state index contributed by atoms with van der Waals surface area (Å²) in [5.74, 6) is -1.32. The Morgan fingerprint density at radius 2 is 1.87 bits per heavy atom. The summed E-state index contributed by atoms with van der Waals surface area (Å²) in [6.07, 6.45) is 3.25. The molecule has 1 amide bonds. The lowest BCUT2D eigenvalue weighted by atomic mass is 9.94. The summed E-state index contributed by atoms with van der Waals surface area (Å²) in [6.45, 7) is 7.58. The minimum absolute atomic E-state index is 0.165. The molecule has 2 aromatic heterocycles. The monoisotopic (exact) mass is 430 g/mol. The van der Waals surface area contributed by atoms with E-state index in [1.54, 1.807) is 23.6 Å². The first-order chi connectivity index (χ1) is 14.7. The largest absolute Gasteiger partial charge is 0.485 e. The number of nitrogens with two attached hydrogens (primary N) is 1. The van der Waals surface area contributed by atoms with Gasteiger partial charge >= 0.3 is 0 Å². The quantitative estimate of drug-likeness (QED) is 0.565. The minimum Gasteiger partial charge on any atom is -0.485 e. The van der Waals surface area contributed by atoms with E-state index in [9.17, 15) is 13.6 Å². The van der Waals surface area contributed by atoms with E-state index in [1.165, 1.54) is 18.2 Å². The molecule has 0 saturated carbocycles. The maximum atomic E-state index is 14.0. The van der Waals surface area contributed by atoms with Crippen molar-refractivity contribution in [2.75, 3.05) is 6.54 Å². The number of ether oxygens (including phenoxy) is 1. The van der Waals surface area contributed by atoms with Gasteiger partial charge in [0.05, 0.1) is 11.3 Å². The van der Waals surface area contributed by atoms with Gasteiger partial charge < -0.3 is 15.8 Å². The number of nitrogens with zero attached hydrogens (tertiary/aromatic N) is 2. The first-order valence-electron chi connectivity index (χ1n) is 10.3. The number of benzene rings is 1. The summed E-state index contributed by atoms with van der Waals surface area (Å²) in [7, 11) is 0. The van der Waals surface area contributed by atoms with Crippen molar-refractivity contribution in [1.82, 2.24) is 14.7 Å². The van der Waals surface area contributed by atoms with Gasteiger partial charge in [0.15, 0.2) is 11.4 Å². The average molecular weight is 430 g/mol. The number of halogens is 2. The molecule has 2 heterocycles. The van der Waals surface area contributed by atoms with Crippen LogP contribution in [0.25, 0.3) is 5.65 Å². The van der Waals surface area contributed by atoms with E-state index >= 15 is 0 Å². The topological polar surface area (TPSA) is 81.6 Å². The number of pyridine rings is 1. The van der Waals surface area contributed by atoms with Crippen molar-refractivity contribution in [3.8, 4) is 5.75 Å². The Kier molecular flexibility index (Phi) is 6.59. The molecule has 166 valence electrons. The number of amides is 1. The number of carbonyl (C=O) groups excluding carboxylic acids is 1. The van der Waals surface area contributed by atoms with Crippen LogP contribution >= 0.6 is 0 Å². The Labute approximate surface area is 180 Å². The molecule has 3 aromatic rings. The lowest BCUT2D eigenvalue weighted by Gasteiger charge is -2.26. The fraction of sp³-hybridized carbons (Fsp3) is 0.391. The van der Waals surface area contributed by atoms with Gasteiger partial charge in [-0.25, -0.2) is 13.8 Å². The van der Waals surface area contributed by atoms with Crippen LogP contribution in [0.3, 0.4) is 0 Å². The van der Waals surface area contributed by atoms with E-state index in [1.807, 2.05) is 20.8 Å². The third-order valence-electron chi connectivity index (χ3n) is 5.66. The van der Waals surface area contributed by atoms with Gasteiger partial charge in [0.2, 0.25) is 0 Å². The number of aryl methyl sites for hydroxylation is 2. The Hall–Kier alpha value is -3.00. The SMILES string of the molecule is CCC(N)(CC)CNC(=O)c1c(C)nc2c(OCc3c(F)cccc3F)cc(C)cn12. The van der Waals surface area contributed by atoms with Gasteiger partial charge in [-0.05, 0) is 50.5 Å². The third kappa shape index (κ3) is 4.69. The summed E-state index contributed by atoms with van der Waals surface area (Å²) in [5, 5.41) is 2.91. The highest BCUT2D eigenvalue weighted by Crippen LogP contribution is 2.26. The number of rotatable bonds is 8. The molecule has 0 fully saturated rings. The van der Waals surface area contributed by atoms with Gasteiger partial charge in [0, 0.05) is 18.3 Å². The van der Waals surface area contributed by atoms with Gasteiger partial charge in [-0.3, -0.25) is 9.20 Å². The number of imidazole rings is 1. The molecule has 0 aliphatic rings. The minimum atomic E-state index is -0.680. The number of fused-ring (bicyclic) bond motifs is 1. The van der Waals surface area contributed by atoms with E-state index in [4.69, 9.17) is 10.5 Å². The van der Waals surface area contributed by atoms with Crippen LogP contribution in [0.2, 0.25) is 0 Å². The van der Waals surface area contributed by atoms with Crippen LogP contribution in [-0.2, 0) is 6.61 Å². The molecule has 0 bridgehead atoms. The second-order valence-corrected chi connectivity index (χ2v) is 7.86. The zero-order valence-electron chi connectivity index (χ0n) is 18.3. The van der Waals surface area contributed by atoms with Crippen LogP contribution in [0.15, 0.2) is 30.5 Å². The van der Waals surface area contributed by atoms with E-state index < -0.39 is 17.2 Å². The Bertz CT molecular complexity index is 1090. The zero-order valence-corrected chi connectivity index (χ0v) is 18.3. The van der Waals surface area contributed by atoms with Crippen LogP contribution in [0.5, 0.6) is 5.75 Å². The Balaban J connectivity index is 1.92. The number of aromatic nitrogens is 2. The van der Waals surface area contributed by atoms with Crippen molar-refractivity contribution < 1.29 is 18.3 Å². The van der Waals surface area contributed by atoms with Gasteiger partial charge in [0.25, 0.3) is 5.91 Å². The molecule has 0 spiro atoms. The first-order valence-corrected chi connectivity index (χ1v) is 10.3. The molecule has 0 saturated heterocycles. The van der Waals surface area contributed by atoms with Crippen molar-refractivity contribution in [3.05, 3.63) is 64.6 Å². The van der Waals surface area contributed by atoms with Crippen molar-refractivity contribution in [2.45, 2.75) is 52.7 Å². The van der Waals surface area contributed by atoms with E-state index in [0.717, 1.165) is 18.4 Å². The Morgan fingerprint density at radius 1 is 1.23 bits per heavy atom. The van der Waals surface area contributed by atoms with Crippen molar-refractivity contribution in [3.63, 3.8) is 0 Å². The van der Waals surface area contributed by atoms with Gasteiger partial charge in [0.1, 0.15) is 23.9 Å². The standard InChI is InChI=1S/C23H28F2N4O2/c1-5-23(26,6-2)13-27-22(30)20-15(4)28-21-19(10-14(3)11-29(20)21)31-12-16-17(24)8-7-9-18(16)25/h7-11H,5-6,12-13,26H2,1-4H3,(H,27,30). The second-order valence-electron chi connectivity index (χ2n) is 7.86. The number of carbonyl (C=O) groups is 1. The van der Waals surface area contributed by atoms with Crippen LogP contribution in [0, 0.1) is 25.5 Å². The molecule has 3 rings (SSSR count). The molecule has 3 N–H and O–H groups in total. The number of nitrogens with one attached hydrogen (secondary N) is 1. The predicted octanol–water partition coefficient (Wildman–Crippen LogP) is 4.06. The predicted molar refractivity (Wildman–Crippen MR) is 115 cm³/mol. The molecular weight excluding hydrogens is 402 g/mol. The summed E-state index contributed by atoms with van der Waals surface area (Å²) in [5.41, 5.74) is 7.75. The average Bonchev–Trinajstić information content (AvgIpc) is 3.07. The summed E-state index contributed by atoms with van der Waals surface area (Å²) in [4.78, 5) is 17.4. The molecule has 1 aromatic carbocycles. The molecule has 31 heavy (non-hydrogen) atoms. The van der Waals surface area contributed by atoms with E-state index in [-0.39, 0.29) is 18.1 Å². The fourth-order valence-corrected chi connectivity index (χ4v) is 3.40. The van der Waals surface area contributed by atoms with Gasteiger partial charge in [-0.15, -0.1) is 0 Å². The third-order valence-corrected chi connectivity index (χ3v) is 5.66. The normalized spacial score (nSPS) is 11.7. The zero-order chi connectivity index (χ0) is 22.8. The lowest BCUT2D eigenvalue weighted by Crippen LogP contribution is -2.49. The number of hydrogen-bond donors (Lipinski definition) is 2. The maximum absolute atomic E-state index is 14.0. The van der Waals surface area contributed by atoms with Crippen LogP contribution in [0.4, 0.5) is 8.78 Å². The van der Waals surface area contributed by atoms with Crippen LogP contribution in [-0.4, -0.2) is 27.4 Å². The van der Waals surface area contributed by atoms with Crippen molar-refractivity contribution >= 4 is 11.6 Å². The summed E-state index contributed by atoms with van der Waals surface area (Å²) >= 11 is 0. The Morgan fingerprint density at radius 3 is 2.48 bits per heavy atom. The van der Waals surface area contributed by atoms with Gasteiger partial charge in [-0.1, -0.05) is 19.9 Å². The molecule has 0 unspecified atom stereocenters. The summed E-state index contributed by atoms with van der Waals surface area (Å²) in [6, 6.07) is 5.38. The first kappa shape index (κ1) is 22.7. The molecule has 0 radical (unpaired) electrons. The van der Waals surface area contributed by atoms with E-state index in [2.05, 4.69) is 10.3 Å². The second kappa shape index (κ2) is 9.01. The molecule has 0 aliphatic carbocycles. The highest BCUT2D eigenvalue weighted by molar-refractivity contribution is 5.95. The molecule has 0 aliphatic heterocycles. The molecular formula is C23H28F2N4O2. The van der Waals surface area contributed by atoms with E-state index in [0.29, 0.717) is 29.3 Å². The van der Waals surface area contributed by atoms with Gasteiger partial charge in [-0.2, -0.15) is 0 Å². The maximum Gasteiger partial charge on any atom is 0.270 e. The highest BCUT2D eigenvalue weighted by atomic mass is 19.1. The number of hydrogen-bond acceptors (Lipinski definition) is 4. The molecule has 8 heteroatoms. The smallest absolute Gasteiger partial charge is 0.270 e. The van der Waals surface area contributed by atoms with Crippen molar-refractivity contribution in [1.29, 1.82) is 0 Å². The fourth-order valence-electron chi connectivity index (χ4n) is 3.40. The molecule has 6 nitrogen and oxygen atoms in total. The highest BCUT2D eigenvalue weighted by Gasteiger charge is 2.24. The van der Waals surface area contributed by atoms with Crippen molar-refractivity contribution in [2.24, 2.45) is 5.73 Å². The van der Waals surface area contributed by atoms with Crippen LogP contribution < -0.4 is 15.8 Å².